The van der Waals surface area contributed by atoms with Crippen LogP contribution in [0, 0.1) is 5.92 Å². The van der Waals surface area contributed by atoms with Gasteiger partial charge in [-0.25, -0.2) is 4.57 Å². The molecule has 0 aromatic heterocycles. The molecule has 0 amide bonds. The molecule has 170 valence electrons. The number of nitrogens with one attached hydrogen (secondary N) is 1. The van der Waals surface area contributed by atoms with Crippen LogP contribution in [0.3, 0.4) is 0 Å². The lowest BCUT2D eigenvalue weighted by Gasteiger charge is -2.24. The second-order valence-corrected chi connectivity index (χ2v) is 8.99. The summed E-state index contributed by atoms with van der Waals surface area (Å²) in [5.41, 5.74) is 0. The van der Waals surface area contributed by atoms with Gasteiger partial charge < -0.3 is 18.7 Å². The number of carbonyl (C=O) groups excluding carboxylic acids is 1. The fourth-order valence-corrected chi connectivity index (χ4v) is 4.59. The molecular formula is C21H34NO7P. The van der Waals surface area contributed by atoms with Gasteiger partial charge in [-0.2, -0.15) is 5.09 Å². The van der Waals surface area contributed by atoms with Crippen molar-refractivity contribution in [2.24, 2.45) is 5.92 Å². The zero-order valence-corrected chi connectivity index (χ0v) is 19.0. The summed E-state index contributed by atoms with van der Waals surface area (Å²) < 4.78 is 40.5. The van der Waals surface area contributed by atoms with Crippen LogP contribution < -0.4 is 9.61 Å². The van der Waals surface area contributed by atoms with E-state index in [2.05, 4.69) is 18.9 Å². The number of hydrogen-bond acceptors (Lipinski definition) is 7. The van der Waals surface area contributed by atoms with E-state index in [1.54, 1.807) is 31.2 Å². The van der Waals surface area contributed by atoms with Crippen LogP contribution in [0.5, 0.6) is 5.75 Å². The molecule has 0 spiro atoms. The predicted octanol–water partition coefficient (Wildman–Crippen LogP) is 4.30. The van der Waals surface area contributed by atoms with Crippen molar-refractivity contribution in [3.63, 3.8) is 0 Å². The molecule has 1 aromatic rings. The van der Waals surface area contributed by atoms with Crippen molar-refractivity contribution in [3.8, 4) is 5.75 Å². The van der Waals surface area contributed by atoms with Crippen LogP contribution in [0.4, 0.5) is 0 Å². The molecule has 1 aliphatic rings. The van der Waals surface area contributed by atoms with Gasteiger partial charge in [0.05, 0.1) is 19.8 Å². The highest BCUT2D eigenvalue weighted by atomic mass is 31.2. The molecule has 9 heteroatoms. The van der Waals surface area contributed by atoms with Gasteiger partial charge in [0.25, 0.3) is 0 Å². The van der Waals surface area contributed by atoms with Crippen LogP contribution in [-0.2, 0) is 28.1 Å². The molecule has 8 nitrogen and oxygen atoms in total. The van der Waals surface area contributed by atoms with Gasteiger partial charge in [-0.15, -0.1) is 0 Å². The molecule has 1 aromatic carbocycles. The zero-order valence-electron chi connectivity index (χ0n) is 18.1. The summed E-state index contributed by atoms with van der Waals surface area (Å²) in [4.78, 5) is 12.5. The topological polar surface area (TPSA) is 92.3 Å². The Bertz CT molecular complexity index is 661. The predicted molar refractivity (Wildman–Crippen MR) is 113 cm³/mol. The monoisotopic (exact) mass is 443 g/mol. The molecule has 2 rings (SSSR count). The minimum absolute atomic E-state index is 0.0893. The van der Waals surface area contributed by atoms with Gasteiger partial charge in [0, 0.05) is 0 Å². The summed E-state index contributed by atoms with van der Waals surface area (Å²) in [6, 6.07) is 7.75. The van der Waals surface area contributed by atoms with E-state index >= 15 is 0 Å². The van der Waals surface area contributed by atoms with Crippen molar-refractivity contribution in [1.82, 2.24) is 5.09 Å². The first-order valence-corrected chi connectivity index (χ1v) is 12.2. The van der Waals surface area contributed by atoms with Crippen molar-refractivity contribution in [1.29, 1.82) is 0 Å². The number of benzene rings is 1. The average molecular weight is 443 g/mol. The molecule has 0 saturated carbocycles. The second kappa shape index (κ2) is 13.1. The van der Waals surface area contributed by atoms with E-state index in [1.165, 1.54) is 0 Å². The molecule has 1 heterocycles. The maximum atomic E-state index is 13.3. The molecule has 0 bridgehead atoms. The van der Waals surface area contributed by atoms with Crippen LogP contribution in [0.2, 0.25) is 0 Å². The second-order valence-electron chi connectivity index (χ2n) is 7.29. The zero-order chi connectivity index (χ0) is 21.8. The first-order valence-electron chi connectivity index (χ1n) is 10.6. The highest BCUT2D eigenvalue weighted by Crippen LogP contribution is 2.45. The third-order valence-corrected chi connectivity index (χ3v) is 6.24. The average Bonchev–Trinajstić information content (AvgIpc) is 3.25. The minimum Gasteiger partial charge on any atom is -0.464 e. The van der Waals surface area contributed by atoms with Gasteiger partial charge in [-0.1, -0.05) is 44.9 Å². The Morgan fingerprint density at radius 2 is 1.80 bits per heavy atom. The summed E-state index contributed by atoms with van der Waals surface area (Å²) in [5, 5.41) is 2.68. The lowest BCUT2D eigenvalue weighted by molar-refractivity contribution is -0.146. The SMILES string of the molecule is CCCC(CCC)COC(=O)[C@H](C)NP(=O)(OCC1OCCO1)Oc1ccccc1. The first kappa shape index (κ1) is 24.8. The summed E-state index contributed by atoms with van der Waals surface area (Å²) in [6.07, 6.45) is 3.46. The van der Waals surface area contributed by atoms with Crippen molar-refractivity contribution in [2.75, 3.05) is 26.4 Å². The molecule has 1 N–H and O–H groups in total. The van der Waals surface area contributed by atoms with Crippen LogP contribution in [0.1, 0.15) is 46.5 Å². The molecule has 1 aliphatic heterocycles. The number of rotatable bonds is 14. The smallest absolute Gasteiger partial charge is 0.459 e. The van der Waals surface area contributed by atoms with E-state index in [9.17, 15) is 9.36 Å². The Labute approximate surface area is 179 Å². The Morgan fingerprint density at radius 3 is 2.40 bits per heavy atom. The van der Waals surface area contributed by atoms with Gasteiger partial charge in [0.1, 0.15) is 18.4 Å². The molecule has 2 atom stereocenters. The molecule has 0 aliphatic carbocycles. The fourth-order valence-electron chi connectivity index (χ4n) is 3.11. The molecule has 30 heavy (non-hydrogen) atoms. The van der Waals surface area contributed by atoms with Gasteiger partial charge in [-0.3, -0.25) is 9.32 Å². The quantitative estimate of drug-likeness (QED) is 0.336. The van der Waals surface area contributed by atoms with E-state index in [-0.39, 0.29) is 6.61 Å². The number of esters is 1. The Hall–Kier alpha value is -1.44. The van der Waals surface area contributed by atoms with Gasteiger partial charge in [0.2, 0.25) is 0 Å². The molecule has 0 radical (unpaired) electrons. The summed E-state index contributed by atoms with van der Waals surface area (Å²) in [6.45, 7) is 6.95. The summed E-state index contributed by atoms with van der Waals surface area (Å²) in [5.74, 6) is 0.186. The molecule has 1 fully saturated rings. The third-order valence-electron chi connectivity index (χ3n) is 4.60. The Balaban J connectivity index is 1.96. The Morgan fingerprint density at radius 1 is 1.17 bits per heavy atom. The number of para-hydroxylation sites is 1. The van der Waals surface area contributed by atoms with E-state index < -0.39 is 26.0 Å². The van der Waals surface area contributed by atoms with Crippen molar-refractivity contribution < 1.29 is 32.6 Å². The first-order chi connectivity index (χ1) is 14.5. The van der Waals surface area contributed by atoms with Crippen LogP contribution in [0.15, 0.2) is 30.3 Å². The lowest BCUT2D eigenvalue weighted by atomic mass is 9.99. The van der Waals surface area contributed by atoms with Crippen LogP contribution >= 0.6 is 7.75 Å². The fraction of sp³-hybridized carbons (Fsp3) is 0.667. The standard InChI is InChI=1S/C21H34NO7P/c1-4-9-18(10-5-2)15-27-21(23)17(3)22-30(24,28-16-20-25-13-14-26-20)29-19-11-7-6-8-12-19/h6-8,11-12,17-18,20H,4-5,9-10,13-16H2,1-3H3,(H,22,24)/t17-,30?/m0/s1. The normalized spacial score (nSPS) is 17.6. The Kier molecular flexibility index (Phi) is 10.8. The maximum Gasteiger partial charge on any atom is 0.459 e. The number of ether oxygens (including phenoxy) is 3. The molecule has 1 saturated heterocycles. The lowest BCUT2D eigenvalue weighted by Crippen LogP contribution is -2.36. The van der Waals surface area contributed by atoms with Crippen molar-refractivity contribution in [2.45, 2.75) is 58.8 Å². The van der Waals surface area contributed by atoms with Gasteiger partial charge in [0.15, 0.2) is 6.29 Å². The largest absolute Gasteiger partial charge is 0.464 e. The van der Waals surface area contributed by atoms with Crippen LogP contribution in [-0.4, -0.2) is 44.7 Å². The highest BCUT2D eigenvalue weighted by molar-refractivity contribution is 7.52. The van der Waals surface area contributed by atoms with Gasteiger partial charge in [-0.05, 0) is 37.8 Å². The van der Waals surface area contributed by atoms with E-state index in [0.29, 0.717) is 31.5 Å². The number of carbonyl (C=O) groups is 1. The van der Waals surface area contributed by atoms with E-state index in [4.69, 9.17) is 23.3 Å². The minimum atomic E-state index is -3.89. The number of hydrogen-bond donors (Lipinski definition) is 1. The highest BCUT2D eigenvalue weighted by Gasteiger charge is 2.34. The maximum absolute atomic E-state index is 13.3. The van der Waals surface area contributed by atoms with E-state index in [0.717, 1.165) is 25.7 Å². The molecule has 1 unspecified atom stereocenters. The van der Waals surface area contributed by atoms with Crippen LogP contribution in [0.25, 0.3) is 0 Å². The molecular weight excluding hydrogens is 409 g/mol. The van der Waals surface area contributed by atoms with Crippen molar-refractivity contribution >= 4 is 13.7 Å². The van der Waals surface area contributed by atoms with Crippen molar-refractivity contribution in [3.05, 3.63) is 30.3 Å². The van der Waals surface area contributed by atoms with E-state index in [1.807, 2.05) is 6.07 Å². The van der Waals surface area contributed by atoms with Gasteiger partial charge >= 0.3 is 13.7 Å². The summed E-state index contributed by atoms with van der Waals surface area (Å²) in [7, 11) is -3.89. The third kappa shape index (κ3) is 8.74. The summed E-state index contributed by atoms with van der Waals surface area (Å²) >= 11 is 0.